The number of oxazole rings is 1. The zero-order valence-electron chi connectivity index (χ0n) is 14.0. The van der Waals surface area contributed by atoms with Gasteiger partial charge in [0, 0.05) is 33.2 Å². The molecule has 0 radical (unpaired) electrons. The molecule has 1 aromatic carbocycles. The number of hydrogen-bond donors (Lipinski definition) is 0. The zero-order chi connectivity index (χ0) is 18.2. The van der Waals surface area contributed by atoms with Crippen molar-refractivity contribution in [2.45, 2.75) is 11.3 Å². The zero-order valence-corrected chi connectivity index (χ0v) is 14.8. The molecule has 3 rings (SSSR count). The third kappa shape index (κ3) is 3.14. The lowest BCUT2D eigenvalue weighted by Gasteiger charge is -2.21. The van der Waals surface area contributed by atoms with Crippen LogP contribution in [0.1, 0.15) is 6.42 Å². The van der Waals surface area contributed by atoms with Gasteiger partial charge in [-0.2, -0.15) is 4.31 Å². The van der Waals surface area contributed by atoms with E-state index in [4.69, 9.17) is 9.15 Å². The van der Waals surface area contributed by atoms with Crippen molar-refractivity contribution in [2.75, 3.05) is 33.3 Å². The molecule has 10 heteroatoms. The second-order valence-electron chi connectivity index (χ2n) is 5.77. The number of amides is 1. The molecule has 9 nitrogen and oxygen atoms in total. The fraction of sp³-hybridized carbons (Fsp3) is 0.467. The quantitative estimate of drug-likeness (QED) is 0.768. The maximum absolute atomic E-state index is 12.9. The third-order valence-electron chi connectivity index (χ3n) is 4.29. The summed E-state index contributed by atoms with van der Waals surface area (Å²) in [6, 6.07) is 4.32. The highest BCUT2D eigenvalue weighted by Crippen LogP contribution is 2.22. The average Bonchev–Trinajstić information content (AvgIpc) is 2.79. The Labute approximate surface area is 144 Å². The molecule has 1 aromatic heterocycles. The lowest BCUT2D eigenvalue weighted by atomic mass is 10.3. The monoisotopic (exact) mass is 369 g/mol. The van der Waals surface area contributed by atoms with Crippen molar-refractivity contribution in [2.24, 2.45) is 7.05 Å². The SMILES string of the molecule is COC(=O)N1CCCN(S(=O)(=O)c2ccc3oc(=O)n(C)c3c2)CC1. The molecule has 0 N–H and O–H groups in total. The molecule has 1 amide bonds. The molecule has 0 bridgehead atoms. The standard InChI is InChI=1S/C15H19N3O6S/c1-16-12-10-11(4-5-13(12)24-14(16)19)25(21,22)18-7-3-6-17(8-9-18)15(20)23-2/h4-5,10H,3,6-9H2,1-2H3. The Kier molecular flexibility index (Phi) is 4.56. The maximum Gasteiger partial charge on any atom is 0.419 e. The number of fused-ring (bicyclic) bond motifs is 1. The Morgan fingerprint density at radius 2 is 1.96 bits per heavy atom. The van der Waals surface area contributed by atoms with Crippen LogP contribution in [-0.2, 0) is 21.8 Å². The first-order valence-corrected chi connectivity index (χ1v) is 9.21. The Balaban J connectivity index is 1.90. The number of aromatic nitrogens is 1. The van der Waals surface area contributed by atoms with Gasteiger partial charge in [-0.15, -0.1) is 0 Å². The van der Waals surface area contributed by atoms with Crippen LogP contribution >= 0.6 is 0 Å². The average molecular weight is 369 g/mol. The van der Waals surface area contributed by atoms with Gasteiger partial charge in [-0.3, -0.25) is 4.57 Å². The number of rotatable bonds is 2. The van der Waals surface area contributed by atoms with E-state index in [0.717, 1.165) is 0 Å². The number of methoxy groups -OCH3 is 1. The van der Waals surface area contributed by atoms with Crippen LogP contribution in [-0.4, -0.2) is 61.6 Å². The van der Waals surface area contributed by atoms with Crippen LogP contribution in [0.25, 0.3) is 11.1 Å². The number of sulfonamides is 1. The molecule has 1 aliphatic rings. The van der Waals surface area contributed by atoms with Crippen molar-refractivity contribution in [3.63, 3.8) is 0 Å². The van der Waals surface area contributed by atoms with Crippen molar-refractivity contribution < 1.29 is 22.4 Å². The van der Waals surface area contributed by atoms with E-state index < -0.39 is 21.9 Å². The Hall–Kier alpha value is -2.33. The van der Waals surface area contributed by atoms with Gasteiger partial charge in [0.25, 0.3) is 0 Å². The smallest absolute Gasteiger partial charge is 0.419 e. The molecule has 0 spiro atoms. The summed E-state index contributed by atoms with van der Waals surface area (Å²) < 4.78 is 38.2. The molecule has 1 aliphatic heterocycles. The van der Waals surface area contributed by atoms with Crippen molar-refractivity contribution in [1.29, 1.82) is 0 Å². The Morgan fingerprint density at radius 1 is 1.20 bits per heavy atom. The van der Waals surface area contributed by atoms with E-state index in [9.17, 15) is 18.0 Å². The summed E-state index contributed by atoms with van der Waals surface area (Å²) in [5.41, 5.74) is 0.747. The second kappa shape index (κ2) is 6.52. The molecule has 0 aliphatic carbocycles. The second-order valence-corrected chi connectivity index (χ2v) is 7.71. The number of nitrogens with zero attached hydrogens (tertiary/aromatic N) is 3. The summed E-state index contributed by atoms with van der Waals surface area (Å²) in [4.78, 5) is 24.8. The van der Waals surface area contributed by atoms with Crippen LogP contribution in [0.15, 0.2) is 32.3 Å². The van der Waals surface area contributed by atoms with E-state index in [1.54, 1.807) is 0 Å². The van der Waals surface area contributed by atoms with E-state index in [-0.39, 0.29) is 18.0 Å². The minimum absolute atomic E-state index is 0.0860. The molecule has 0 atom stereocenters. The number of carbonyl (C=O) groups is 1. The topological polar surface area (TPSA) is 102 Å². The van der Waals surface area contributed by atoms with Gasteiger partial charge < -0.3 is 14.1 Å². The number of aryl methyl sites for hydroxylation is 1. The molecule has 2 aromatic rings. The van der Waals surface area contributed by atoms with Crippen LogP contribution in [0.3, 0.4) is 0 Å². The van der Waals surface area contributed by atoms with Crippen LogP contribution in [0.2, 0.25) is 0 Å². The third-order valence-corrected chi connectivity index (χ3v) is 6.18. The van der Waals surface area contributed by atoms with Crippen LogP contribution in [0.5, 0.6) is 0 Å². The first kappa shape index (κ1) is 17.5. The Bertz CT molecular complexity index is 961. The van der Waals surface area contributed by atoms with E-state index in [2.05, 4.69) is 0 Å². The van der Waals surface area contributed by atoms with Crippen molar-refractivity contribution in [1.82, 2.24) is 13.8 Å². The fourth-order valence-corrected chi connectivity index (χ4v) is 4.35. The predicted octanol–water partition coefficient (Wildman–Crippen LogP) is 0.594. The van der Waals surface area contributed by atoms with Crippen molar-refractivity contribution >= 4 is 27.2 Å². The molecule has 136 valence electrons. The number of ether oxygens (including phenoxy) is 1. The summed E-state index contributed by atoms with van der Waals surface area (Å²) >= 11 is 0. The van der Waals surface area contributed by atoms with Gasteiger partial charge in [-0.25, -0.2) is 18.0 Å². The molecule has 25 heavy (non-hydrogen) atoms. The van der Waals surface area contributed by atoms with Crippen molar-refractivity contribution in [3.8, 4) is 0 Å². The molecular weight excluding hydrogens is 350 g/mol. The molecule has 2 heterocycles. The molecule has 1 saturated heterocycles. The lowest BCUT2D eigenvalue weighted by molar-refractivity contribution is 0.126. The first-order chi connectivity index (χ1) is 11.8. The minimum atomic E-state index is -3.74. The summed E-state index contributed by atoms with van der Waals surface area (Å²) in [6.07, 6.45) is 0.0508. The summed E-state index contributed by atoms with van der Waals surface area (Å²) in [7, 11) is -0.926. The predicted molar refractivity (Wildman–Crippen MR) is 88.8 cm³/mol. The van der Waals surface area contributed by atoms with Gasteiger partial charge in [-0.05, 0) is 24.6 Å². The summed E-state index contributed by atoms with van der Waals surface area (Å²) in [6.45, 7) is 1.18. The molecular formula is C15H19N3O6S. The van der Waals surface area contributed by atoms with E-state index in [1.165, 1.54) is 46.1 Å². The largest absolute Gasteiger partial charge is 0.453 e. The van der Waals surface area contributed by atoms with Gasteiger partial charge in [-0.1, -0.05) is 0 Å². The highest BCUT2D eigenvalue weighted by atomic mass is 32.2. The Morgan fingerprint density at radius 3 is 2.68 bits per heavy atom. The van der Waals surface area contributed by atoms with E-state index in [1.807, 2.05) is 0 Å². The summed E-state index contributed by atoms with van der Waals surface area (Å²) in [5, 5.41) is 0. The number of carbonyl (C=O) groups excluding carboxylic acids is 1. The van der Waals surface area contributed by atoms with E-state index >= 15 is 0 Å². The van der Waals surface area contributed by atoms with Gasteiger partial charge in [0.2, 0.25) is 10.0 Å². The normalized spacial score (nSPS) is 16.8. The summed E-state index contributed by atoms with van der Waals surface area (Å²) in [5.74, 6) is -0.548. The fourth-order valence-electron chi connectivity index (χ4n) is 2.86. The lowest BCUT2D eigenvalue weighted by Crippen LogP contribution is -2.37. The molecule has 0 saturated carbocycles. The highest BCUT2D eigenvalue weighted by molar-refractivity contribution is 7.89. The highest BCUT2D eigenvalue weighted by Gasteiger charge is 2.29. The first-order valence-electron chi connectivity index (χ1n) is 7.77. The molecule has 1 fully saturated rings. The number of benzene rings is 1. The van der Waals surface area contributed by atoms with E-state index in [0.29, 0.717) is 30.6 Å². The van der Waals surface area contributed by atoms with Gasteiger partial charge >= 0.3 is 11.8 Å². The van der Waals surface area contributed by atoms with Crippen LogP contribution in [0, 0.1) is 0 Å². The van der Waals surface area contributed by atoms with Gasteiger partial charge in [0.05, 0.1) is 17.5 Å². The van der Waals surface area contributed by atoms with Crippen LogP contribution in [0.4, 0.5) is 4.79 Å². The van der Waals surface area contributed by atoms with Gasteiger partial charge in [0.1, 0.15) is 0 Å². The van der Waals surface area contributed by atoms with Crippen LogP contribution < -0.4 is 5.76 Å². The minimum Gasteiger partial charge on any atom is -0.453 e. The van der Waals surface area contributed by atoms with Crippen molar-refractivity contribution in [3.05, 3.63) is 28.7 Å². The van der Waals surface area contributed by atoms with Gasteiger partial charge in [0.15, 0.2) is 5.58 Å². The number of hydrogen-bond acceptors (Lipinski definition) is 6. The molecule has 0 unspecified atom stereocenters. The maximum atomic E-state index is 12.9.